The zero-order valence-electron chi connectivity index (χ0n) is 2.72. The molecule has 0 unspecified atom stereocenters. The monoisotopic (exact) mass is 192 g/mol. The van der Waals surface area contributed by atoms with Crippen molar-refractivity contribution in [3.63, 3.8) is 0 Å². The molecule has 0 saturated heterocycles. The molecule has 0 saturated carbocycles. The van der Waals surface area contributed by atoms with Crippen molar-refractivity contribution < 1.29 is 35.3 Å². The number of halogens is 3. The van der Waals surface area contributed by atoms with Crippen LogP contribution in [0.2, 0.25) is 0 Å². The van der Waals surface area contributed by atoms with E-state index >= 15 is 0 Å². The van der Waals surface area contributed by atoms with E-state index in [1.54, 1.807) is 0 Å². The average Bonchev–Trinajstić information content (AvgIpc) is 0.811. The summed E-state index contributed by atoms with van der Waals surface area (Å²) < 4.78 is 29.0. The quantitative estimate of drug-likeness (QED) is 0.572. The van der Waals surface area contributed by atoms with Crippen molar-refractivity contribution in [2.45, 2.75) is 0 Å². The predicted molar refractivity (Wildman–Crippen MR) is 14.1 cm³/mol. The maximum absolute atomic E-state index is 9.67. The molecule has 6 heavy (non-hydrogen) atoms. The number of rotatable bonds is 0. The zero-order chi connectivity index (χ0) is 3.58. The molecule has 0 aromatic carbocycles. The van der Waals surface area contributed by atoms with Gasteiger partial charge in [-0.3, -0.25) is 12.9 Å². The van der Waals surface area contributed by atoms with Gasteiger partial charge in [0.25, 0.3) is 0 Å². The minimum atomic E-state index is -3.67. The normalized spacial score (nSPS) is 4.50. The molecule has 0 aromatic heterocycles. The molecule has 0 aromatic rings. The first kappa shape index (κ1) is 16.0. The molecule has 0 aliphatic heterocycles. The Balaban J connectivity index is -0.0000000450. The second-order valence-electron chi connectivity index (χ2n) is 0.247. The number of hydrogen-bond donors (Lipinski definition) is 1. The van der Waals surface area contributed by atoms with E-state index in [9.17, 15) is 12.9 Å². The smallest absolute Gasteiger partial charge is 0.344 e. The second kappa shape index (κ2) is 9.12. The molecule has 3 N–H and O–H groups in total. The maximum atomic E-state index is 9.67. The molecule has 0 spiro atoms. The second-order valence-corrected chi connectivity index (χ2v) is 0.247. The third-order valence-corrected chi connectivity index (χ3v) is 0. The largest absolute Gasteiger partial charge is 0.762 e. The Morgan fingerprint density at radius 2 is 1.00 bits per heavy atom. The van der Waals surface area contributed by atoms with Crippen LogP contribution in [0.25, 0.3) is 0 Å². The van der Waals surface area contributed by atoms with Gasteiger partial charge in [-0.2, -0.15) is 0 Å². The Morgan fingerprint density at radius 3 is 1.00 bits per heavy atom. The minimum absolute atomic E-state index is 0. The third kappa shape index (κ3) is 187. The van der Waals surface area contributed by atoms with Gasteiger partial charge in [-0.25, -0.2) is 0 Å². The van der Waals surface area contributed by atoms with Crippen molar-refractivity contribution in [2.24, 2.45) is 0 Å². The van der Waals surface area contributed by atoms with Gasteiger partial charge in [-0.1, -0.05) is 0 Å². The Hall–Kier alpha value is 0.555. The third-order valence-electron chi connectivity index (χ3n) is 0. The molecule has 0 heterocycles. The molecule has 43 valence electrons. The molecule has 0 aliphatic carbocycles. The fraction of sp³-hybridized carbons (Fsp3) is 0. The van der Waals surface area contributed by atoms with E-state index in [1.165, 1.54) is 0 Å². The van der Waals surface area contributed by atoms with Crippen LogP contribution < -0.4 is 6.15 Å². The average molecular weight is 193 g/mol. The van der Waals surface area contributed by atoms with Gasteiger partial charge in [0.15, 0.2) is 0 Å². The van der Waals surface area contributed by atoms with Gasteiger partial charge in [-0.05, 0) is 0 Å². The molecular weight excluding hydrogens is 190 g/mol. The van der Waals surface area contributed by atoms with Gasteiger partial charge in [0, 0.05) is 22.4 Å². The van der Waals surface area contributed by atoms with E-state index in [-0.39, 0.29) is 28.5 Å². The van der Waals surface area contributed by atoms with E-state index < -0.39 is 7.54 Å². The first-order valence-electron chi connectivity index (χ1n) is 0.655. The molecule has 0 amide bonds. The van der Waals surface area contributed by atoms with Crippen molar-refractivity contribution in [1.82, 2.24) is 6.15 Å². The molecule has 1 radical (unpaired) electrons. The van der Waals surface area contributed by atoms with Crippen LogP contribution in [0, 0.1) is 0 Å². The Bertz CT molecular complexity index is 15.5. The van der Waals surface area contributed by atoms with Gasteiger partial charge in [0.2, 0.25) is 0 Å². The summed E-state index contributed by atoms with van der Waals surface area (Å²) in [4.78, 5) is 0. The van der Waals surface area contributed by atoms with Gasteiger partial charge in [0.05, 0.1) is 0 Å². The first-order valence-corrected chi connectivity index (χ1v) is 0.655. The van der Waals surface area contributed by atoms with Crippen molar-refractivity contribution in [1.29, 1.82) is 0 Å². The molecule has 0 aliphatic rings. The Labute approximate surface area is 49.6 Å². The molecular formula is H3AgBF3N. The van der Waals surface area contributed by atoms with Crippen LogP contribution >= 0.6 is 0 Å². The summed E-state index contributed by atoms with van der Waals surface area (Å²) >= 11 is 0. The fourth-order valence-electron chi connectivity index (χ4n) is 0. The molecule has 0 bridgehead atoms. The van der Waals surface area contributed by atoms with Crippen LogP contribution in [0.3, 0.4) is 0 Å². The standard InChI is InChI=1S/Ag.BF3.H3N/c;2-1(3)4;/h;;1H3. The van der Waals surface area contributed by atoms with Crippen LogP contribution in [-0.2, 0) is 22.4 Å². The summed E-state index contributed by atoms with van der Waals surface area (Å²) in [5, 5.41) is 0. The van der Waals surface area contributed by atoms with Crippen molar-refractivity contribution in [3.8, 4) is 0 Å². The summed E-state index contributed by atoms with van der Waals surface area (Å²) in [6.45, 7) is 0. The van der Waals surface area contributed by atoms with Crippen LogP contribution in [0.5, 0.6) is 0 Å². The molecule has 0 rings (SSSR count). The van der Waals surface area contributed by atoms with Gasteiger partial charge >= 0.3 is 7.54 Å². The first-order chi connectivity index (χ1) is 1.73. The van der Waals surface area contributed by atoms with Gasteiger partial charge in [0.1, 0.15) is 0 Å². The van der Waals surface area contributed by atoms with Crippen LogP contribution in [0.4, 0.5) is 12.9 Å². The van der Waals surface area contributed by atoms with E-state index in [1.807, 2.05) is 0 Å². The van der Waals surface area contributed by atoms with Crippen molar-refractivity contribution in [3.05, 3.63) is 0 Å². The van der Waals surface area contributed by atoms with E-state index in [2.05, 4.69) is 0 Å². The fourth-order valence-corrected chi connectivity index (χ4v) is 0. The summed E-state index contributed by atoms with van der Waals surface area (Å²) in [6.07, 6.45) is 0. The van der Waals surface area contributed by atoms with Gasteiger partial charge < -0.3 is 6.15 Å². The number of hydrogen-bond acceptors (Lipinski definition) is 1. The van der Waals surface area contributed by atoms with Crippen LogP contribution in [0.15, 0.2) is 0 Å². The van der Waals surface area contributed by atoms with Crippen molar-refractivity contribution >= 4 is 7.54 Å². The molecule has 1 nitrogen and oxygen atoms in total. The zero-order valence-corrected chi connectivity index (χ0v) is 4.20. The van der Waals surface area contributed by atoms with Crippen LogP contribution in [-0.4, -0.2) is 7.54 Å². The summed E-state index contributed by atoms with van der Waals surface area (Å²) in [5.41, 5.74) is 0. The summed E-state index contributed by atoms with van der Waals surface area (Å²) in [7, 11) is -3.67. The van der Waals surface area contributed by atoms with E-state index in [0.29, 0.717) is 0 Å². The maximum Gasteiger partial charge on any atom is 0.762 e. The Kier molecular flexibility index (Phi) is 24.3. The SMILES string of the molecule is FB(F)F.N.[Ag]. The van der Waals surface area contributed by atoms with Crippen LogP contribution in [0.1, 0.15) is 0 Å². The minimum Gasteiger partial charge on any atom is -0.344 e. The van der Waals surface area contributed by atoms with E-state index in [0.717, 1.165) is 0 Å². The molecule has 6 heteroatoms. The molecule has 0 fully saturated rings. The van der Waals surface area contributed by atoms with Gasteiger partial charge in [-0.15, -0.1) is 0 Å². The molecule has 0 atom stereocenters. The Morgan fingerprint density at radius 1 is 1.00 bits per heavy atom. The summed E-state index contributed by atoms with van der Waals surface area (Å²) in [6, 6.07) is 0. The van der Waals surface area contributed by atoms with Crippen molar-refractivity contribution in [2.75, 3.05) is 0 Å². The predicted octanol–water partition coefficient (Wildman–Crippen LogP) is 1.04. The topological polar surface area (TPSA) is 35.0 Å². The summed E-state index contributed by atoms with van der Waals surface area (Å²) in [5.74, 6) is 0. The van der Waals surface area contributed by atoms with E-state index in [4.69, 9.17) is 0 Å².